The molecule has 0 N–H and O–H groups in total. The zero-order valence-corrected chi connectivity index (χ0v) is 11.6. The maximum absolute atomic E-state index is 13.5. The number of aromatic nitrogens is 2. The monoisotopic (exact) mass is 262 g/mol. The molecule has 1 aliphatic rings. The van der Waals surface area contributed by atoms with Crippen molar-refractivity contribution in [3.05, 3.63) is 29.1 Å². The van der Waals surface area contributed by atoms with Crippen molar-refractivity contribution in [1.82, 2.24) is 9.97 Å². The summed E-state index contributed by atoms with van der Waals surface area (Å²) in [6.45, 7) is 5.46. The number of halogens is 1. The van der Waals surface area contributed by atoms with Gasteiger partial charge in [-0.05, 0) is 26.3 Å². The van der Waals surface area contributed by atoms with Crippen LogP contribution in [0.1, 0.15) is 24.6 Å². The van der Waals surface area contributed by atoms with Crippen molar-refractivity contribution in [2.75, 3.05) is 5.75 Å². The first kappa shape index (κ1) is 13.1. The standard InChI is InChI=1S/C14H15FN2S/c1-10-8-16-13(17-11(10)2)18-9-12-4-6-14(3,15)7-5-12/h4,8H,6,9H2,1-3H3. The van der Waals surface area contributed by atoms with Gasteiger partial charge in [-0.1, -0.05) is 29.7 Å². The van der Waals surface area contributed by atoms with Gasteiger partial charge in [0.1, 0.15) is 0 Å². The summed E-state index contributed by atoms with van der Waals surface area (Å²) in [5, 5.41) is 0.745. The molecule has 0 saturated carbocycles. The van der Waals surface area contributed by atoms with Crippen LogP contribution in [0, 0.1) is 25.7 Å². The van der Waals surface area contributed by atoms with Crippen LogP contribution < -0.4 is 0 Å². The molecule has 0 amide bonds. The highest BCUT2D eigenvalue weighted by molar-refractivity contribution is 7.99. The molecule has 4 heteroatoms. The minimum absolute atomic E-state index is 0.365. The molecule has 2 rings (SSSR count). The zero-order chi connectivity index (χ0) is 13.2. The van der Waals surface area contributed by atoms with Crippen LogP contribution in [0.4, 0.5) is 4.39 Å². The van der Waals surface area contributed by atoms with Crippen LogP contribution in [0.3, 0.4) is 0 Å². The lowest BCUT2D eigenvalue weighted by Crippen LogP contribution is -2.16. The molecule has 18 heavy (non-hydrogen) atoms. The number of hydrogen-bond acceptors (Lipinski definition) is 3. The van der Waals surface area contributed by atoms with Gasteiger partial charge in [-0.2, -0.15) is 0 Å². The fourth-order valence-electron chi connectivity index (χ4n) is 1.44. The van der Waals surface area contributed by atoms with Gasteiger partial charge in [-0.3, -0.25) is 0 Å². The number of rotatable bonds is 3. The Bertz CT molecular complexity index is 553. The summed E-state index contributed by atoms with van der Waals surface area (Å²) in [5.74, 6) is 6.19. The molecule has 1 atom stereocenters. The highest BCUT2D eigenvalue weighted by atomic mass is 32.2. The molecule has 1 unspecified atom stereocenters. The summed E-state index contributed by atoms with van der Waals surface area (Å²) >= 11 is 1.53. The first-order chi connectivity index (χ1) is 8.46. The van der Waals surface area contributed by atoms with Gasteiger partial charge in [0.25, 0.3) is 0 Å². The molecule has 2 nitrogen and oxygen atoms in total. The van der Waals surface area contributed by atoms with Crippen molar-refractivity contribution in [2.45, 2.75) is 38.0 Å². The second-order valence-corrected chi connectivity index (χ2v) is 5.53. The quantitative estimate of drug-likeness (QED) is 0.475. The second kappa shape index (κ2) is 5.11. The molecule has 1 heterocycles. The first-order valence-electron chi connectivity index (χ1n) is 5.80. The molecule has 0 aliphatic heterocycles. The average molecular weight is 262 g/mol. The number of aryl methyl sites for hydroxylation is 2. The predicted octanol–water partition coefficient (Wildman–Crippen LogP) is 3.25. The van der Waals surface area contributed by atoms with E-state index >= 15 is 0 Å². The van der Waals surface area contributed by atoms with Crippen molar-refractivity contribution in [3.8, 4) is 11.8 Å². The van der Waals surface area contributed by atoms with E-state index in [0.29, 0.717) is 12.2 Å². The molecule has 1 aromatic rings. The van der Waals surface area contributed by atoms with Crippen molar-refractivity contribution >= 4 is 11.8 Å². The lowest BCUT2D eigenvalue weighted by atomic mass is 9.99. The van der Waals surface area contributed by atoms with Crippen LogP contribution >= 0.6 is 11.8 Å². The van der Waals surface area contributed by atoms with Gasteiger partial charge in [0.15, 0.2) is 10.8 Å². The third kappa shape index (κ3) is 3.33. The molecule has 0 saturated heterocycles. The molecule has 1 aromatic heterocycles. The van der Waals surface area contributed by atoms with Crippen molar-refractivity contribution in [3.63, 3.8) is 0 Å². The summed E-state index contributed by atoms with van der Waals surface area (Å²) in [7, 11) is 0. The van der Waals surface area contributed by atoms with Crippen LogP contribution in [-0.2, 0) is 0 Å². The van der Waals surface area contributed by atoms with Gasteiger partial charge in [-0.15, -0.1) is 0 Å². The van der Waals surface area contributed by atoms with E-state index < -0.39 is 5.67 Å². The highest BCUT2D eigenvalue weighted by Gasteiger charge is 2.20. The molecule has 1 aliphatic carbocycles. The van der Waals surface area contributed by atoms with E-state index in [1.807, 2.05) is 26.1 Å². The smallest absolute Gasteiger partial charge is 0.188 e. The van der Waals surface area contributed by atoms with E-state index in [9.17, 15) is 4.39 Å². The SMILES string of the molecule is Cc1cnc(SCC2=CCC(C)(F)C#C2)nc1C. The molecule has 0 spiro atoms. The van der Waals surface area contributed by atoms with Gasteiger partial charge >= 0.3 is 0 Å². The van der Waals surface area contributed by atoms with Gasteiger partial charge in [-0.25, -0.2) is 14.4 Å². The number of thioether (sulfide) groups is 1. The lowest BCUT2D eigenvalue weighted by Gasteiger charge is -2.14. The maximum Gasteiger partial charge on any atom is 0.188 e. The molecule has 0 aromatic carbocycles. The van der Waals surface area contributed by atoms with E-state index in [1.165, 1.54) is 18.7 Å². The number of hydrogen-bond donors (Lipinski definition) is 0. The van der Waals surface area contributed by atoms with Crippen LogP contribution in [0.5, 0.6) is 0 Å². The topological polar surface area (TPSA) is 25.8 Å². The largest absolute Gasteiger partial charge is 0.231 e. The molecular formula is C14H15FN2S. The predicted molar refractivity (Wildman–Crippen MR) is 72.2 cm³/mol. The Morgan fingerprint density at radius 1 is 1.50 bits per heavy atom. The summed E-state index contributed by atoms with van der Waals surface area (Å²) in [6.07, 6.45) is 4.05. The second-order valence-electron chi connectivity index (χ2n) is 4.59. The number of nitrogens with zero attached hydrogens (tertiary/aromatic N) is 2. The summed E-state index contributed by atoms with van der Waals surface area (Å²) < 4.78 is 13.5. The van der Waals surface area contributed by atoms with Crippen molar-refractivity contribution in [2.24, 2.45) is 0 Å². The van der Waals surface area contributed by atoms with Crippen molar-refractivity contribution < 1.29 is 4.39 Å². The Hall–Kier alpha value is -1.34. The van der Waals surface area contributed by atoms with E-state index in [-0.39, 0.29) is 0 Å². The van der Waals surface area contributed by atoms with E-state index in [1.54, 1.807) is 0 Å². The van der Waals surface area contributed by atoms with Crippen LogP contribution in [0.15, 0.2) is 23.0 Å². The Labute approximate surface area is 111 Å². The Morgan fingerprint density at radius 2 is 2.28 bits per heavy atom. The number of allylic oxidation sites excluding steroid dienone is 1. The van der Waals surface area contributed by atoms with Gasteiger partial charge in [0.2, 0.25) is 0 Å². The Balaban J connectivity index is 1.97. The van der Waals surface area contributed by atoms with Gasteiger partial charge < -0.3 is 0 Å². The third-order valence-corrected chi connectivity index (χ3v) is 3.69. The van der Waals surface area contributed by atoms with Crippen LogP contribution in [0.25, 0.3) is 0 Å². The third-order valence-electron chi connectivity index (χ3n) is 2.77. The minimum atomic E-state index is -1.37. The summed E-state index contributed by atoms with van der Waals surface area (Å²) in [5.41, 5.74) is 1.67. The average Bonchev–Trinajstić information content (AvgIpc) is 2.32. The fraction of sp³-hybridized carbons (Fsp3) is 0.429. The van der Waals surface area contributed by atoms with Gasteiger partial charge in [0.05, 0.1) is 0 Å². The molecular weight excluding hydrogens is 247 g/mol. The Kier molecular flexibility index (Phi) is 3.72. The molecule has 94 valence electrons. The first-order valence-corrected chi connectivity index (χ1v) is 6.79. The molecule has 0 radical (unpaired) electrons. The van der Waals surface area contributed by atoms with Gasteiger partial charge in [0, 0.05) is 29.6 Å². The minimum Gasteiger partial charge on any atom is -0.231 e. The lowest BCUT2D eigenvalue weighted by molar-refractivity contribution is 0.273. The summed E-state index contributed by atoms with van der Waals surface area (Å²) in [4.78, 5) is 8.64. The molecule has 0 fully saturated rings. The van der Waals surface area contributed by atoms with E-state index in [4.69, 9.17) is 0 Å². The summed E-state index contributed by atoms with van der Waals surface area (Å²) in [6, 6.07) is 0. The molecule has 0 bridgehead atoms. The van der Waals surface area contributed by atoms with Crippen molar-refractivity contribution in [1.29, 1.82) is 0 Å². The van der Waals surface area contributed by atoms with Crippen LogP contribution in [0.2, 0.25) is 0 Å². The van der Waals surface area contributed by atoms with E-state index in [0.717, 1.165) is 22.0 Å². The Morgan fingerprint density at radius 3 is 2.89 bits per heavy atom. The normalized spacial score (nSPS) is 22.1. The van der Waals surface area contributed by atoms with Crippen LogP contribution in [-0.4, -0.2) is 21.4 Å². The number of alkyl halides is 1. The zero-order valence-electron chi connectivity index (χ0n) is 10.7. The fourth-order valence-corrected chi connectivity index (χ4v) is 2.24. The highest BCUT2D eigenvalue weighted by Crippen LogP contribution is 2.23. The van der Waals surface area contributed by atoms with E-state index in [2.05, 4.69) is 21.8 Å². The maximum atomic E-state index is 13.5.